The summed E-state index contributed by atoms with van der Waals surface area (Å²) in [4.78, 5) is 26.5. The predicted octanol–water partition coefficient (Wildman–Crippen LogP) is 0.379. The lowest BCUT2D eigenvalue weighted by atomic mass is 10.1. The largest absolute Gasteiger partial charge is 0.392 e. The van der Waals surface area contributed by atoms with Gasteiger partial charge in [-0.1, -0.05) is 12.1 Å². The Kier molecular flexibility index (Phi) is 2.85. The van der Waals surface area contributed by atoms with E-state index in [-0.39, 0.29) is 12.1 Å². The summed E-state index contributed by atoms with van der Waals surface area (Å²) in [7, 11) is 0. The number of fused-ring (bicyclic) bond motifs is 1. The predicted molar refractivity (Wildman–Crippen MR) is 65.2 cm³/mol. The van der Waals surface area contributed by atoms with E-state index in [9.17, 15) is 14.7 Å². The van der Waals surface area contributed by atoms with Crippen LogP contribution in [-0.2, 0) is 6.54 Å². The molecule has 1 heterocycles. The quantitative estimate of drug-likeness (QED) is 0.788. The highest BCUT2D eigenvalue weighted by Gasteiger charge is 2.10. The second-order valence-corrected chi connectivity index (χ2v) is 4.19. The molecule has 0 aliphatic heterocycles. The van der Waals surface area contributed by atoms with Crippen LogP contribution in [0.4, 0.5) is 0 Å². The van der Waals surface area contributed by atoms with E-state index in [1.807, 2.05) is 13.0 Å². The number of benzene rings is 1. The standard InChI is InChI=1S/C12H14N2O3/c1-7-4-3-5-9-10(7)13-12(17)14(11(9)16)6-8(2)15/h3-5,8,15H,6H2,1-2H3,(H,13,17). The van der Waals surface area contributed by atoms with Crippen LogP contribution in [-0.4, -0.2) is 20.8 Å². The van der Waals surface area contributed by atoms with Crippen LogP contribution in [0.1, 0.15) is 12.5 Å². The molecule has 2 aromatic rings. The third kappa shape index (κ3) is 2.01. The molecule has 1 atom stereocenters. The Morgan fingerprint density at radius 1 is 1.41 bits per heavy atom. The van der Waals surface area contributed by atoms with E-state index in [2.05, 4.69) is 4.98 Å². The van der Waals surface area contributed by atoms with Crippen LogP contribution in [0.25, 0.3) is 10.9 Å². The van der Waals surface area contributed by atoms with Crippen molar-refractivity contribution in [2.45, 2.75) is 26.5 Å². The normalized spacial score (nSPS) is 12.9. The molecule has 5 nitrogen and oxygen atoms in total. The van der Waals surface area contributed by atoms with E-state index in [1.165, 1.54) is 6.92 Å². The van der Waals surface area contributed by atoms with Gasteiger partial charge in [0.25, 0.3) is 5.56 Å². The summed E-state index contributed by atoms with van der Waals surface area (Å²) in [5, 5.41) is 9.73. The maximum atomic E-state index is 12.1. The van der Waals surface area contributed by atoms with Gasteiger partial charge in [-0.3, -0.25) is 9.36 Å². The summed E-state index contributed by atoms with van der Waals surface area (Å²) in [6, 6.07) is 5.26. The number of para-hydroxylation sites is 1. The first kappa shape index (κ1) is 11.6. The first-order valence-electron chi connectivity index (χ1n) is 5.41. The number of nitrogens with zero attached hydrogens (tertiary/aromatic N) is 1. The van der Waals surface area contributed by atoms with Crippen molar-refractivity contribution in [1.29, 1.82) is 0 Å². The van der Waals surface area contributed by atoms with Crippen molar-refractivity contribution in [2.24, 2.45) is 0 Å². The van der Waals surface area contributed by atoms with Gasteiger partial charge in [0.1, 0.15) is 0 Å². The molecule has 0 radical (unpaired) electrons. The Balaban J connectivity index is 2.82. The Morgan fingerprint density at radius 3 is 2.76 bits per heavy atom. The SMILES string of the molecule is Cc1cccc2c(=O)n(CC(C)O)c(=O)[nH]c12. The van der Waals surface area contributed by atoms with E-state index in [0.717, 1.165) is 10.1 Å². The molecule has 2 N–H and O–H groups in total. The highest BCUT2D eigenvalue weighted by molar-refractivity contribution is 5.80. The van der Waals surface area contributed by atoms with Gasteiger partial charge < -0.3 is 10.1 Å². The first-order chi connectivity index (χ1) is 8.00. The Morgan fingerprint density at radius 2 is 2.12 bits per heavy atom. The van der Waals surface area contributed by atoms with Gasteiger partial charge in [-0.25, -0.2) is 4.79 Å². The molecule has 2 rings (SSSR count). The highest BCUT2D eigenvalue weighted by Crippen LogP contribution is 2.09. The van der Waals surface area contributed by atoms with Crippen LogP contribution in [0.2, 0.25) is 0 Å². The molecule has 90 valence electrons. The smallest absolute Gasteiger partial charge is 0.328 e. The minimum atomic E-state index is -0.740. The fourth-order valence-electron chi connectivity index (χ4n) is 1.85. The van der Waals surface area contributed by atoms with Crippen LogP contribution < -0.4 is 11.2 Å². The summed E-state index contributed by atoms with van der Waals surface area (Å²) in [5.74, 6) is 0. The van der Waals surface area contributed by atoms with E-state index in [1.54, 1.807) is 12.1 Å². The third-order valence-corrected chi connectivity index (χ3v) is 2.67. The molecule has 0 saturated carbocycles. The van der Waals surface area contributed by atoms with Gasteiger partial charge in [0.05, 0.1) is 23.6 Å². The van der Waals surface area contributed by atoms with Gasteiger partial charge in [-0.2, -0.15) is 0 Å². The summed E-state index contributed by atoms with van der Waals surface area (Å²) in [5.41, 5.74) is 0.552. The number of aliphatic hydroxyl groups excluding tert-OH is 1. The van der Waals surface area contributed by atoms with Crippen molar-refractivity contribution in [2.75, 3.05) is 0 Å². The van der Waals surface area contributed by atoms with Crippen LogP contribution in [0, 0.1) is 6.92 Å². The number of aryl methyl sites for hydroxylation is 1. The van der Waals surface area contributed by atoms with E-state index < -0.39 is 11.8 Å². The van der Waals surface area contributed by atoms with E-state index in [0.29, 0.717) is 10.9 Å². The molecule has 0 bridgehead atoms. The second kappa shape index (κ2) is 4.18. The van der Waals surface area contributed by atoms with Crippen molar-refractivity contribution in [3.05, 3.63) is 44.6 Å². The molecule has 0 aliphatic rings. The molecule has 1 aromatic heterocycles. The summed E-state index contributed by atoms with van der Waals surface area (Å²) < 4.78 is 1.02. The zero-order valence-electron chi connectivity index (χ0n) is 9.73. The molecule has 1 aromatic carbocycles. The summed E-state index contributed by atoms with van der Waals surface area (Å²) in [6.07, 6.45) is -0.740. The molecule has 0 fully saturated rings. The Bertz CT molecular complexity index is 667. The van der Waals surface area contributed by atoms with Gasteiger partial charge in [0, 0.05) is 0 Å². The lowest BCUT2D eigenvalue weighted by Gasteiger charge is -2.09. The lowest BCUT2D eigenvalue weighted by molar-refractivity contribution is 0.170. The summed E-state index contributed by atoms with van der Waals surface area (Å²) in [6.45, 7) is 3.36. The molecule has 0 aliphatic carbocycles. The fourth-order valence-corrected chi connectivity index (χ4v) is 1.85. The van der Waals surface area contributed by atoms with Crippen LogP contribution in [0.5, 0.6) is 0 Å². The number of aromatic amines is 1. The lowest BCUT2D eigenvalue weighted by Crippen LogP contribution is -2.37. The van der Waals surface area contributed by atoms with Crippen LogP contribution >= 0.6 is 0 Å². The Labute approximate surface area is 97.3 Å². The first-order valence-corrected chi connectivity index (χ1v) is 5.41. The molecular weight excluding hydrogens is 220 g/mol. The maximum absolute atomic E-state index is 12.1. The van der Waals surface area contributed by atoms with Gasteiger partial charge in [0.2, 0.25) is 0 Å². The number of aliphatic hydroxyl groups is 1. The molecular formula is C12H14N2O3. The van der Waals surface area contributed by atoms with Crippen LogP contribution in [0.15, 0.2) is 27.8 Å². The summed E-state index contributed by atoms with van der Waals surface area (Å²) >= 11 is 0. The molecule has 0 amide bonds. The monoisotopic (exact) mass is 234 g/mol. The minimum absolute atomic E-state index is 0.00194. The van der Waals surface area contributed by atoms with E-state index >= 15 is 0 Å². The molecule has 17 heavy (non-hydrogen) atoms. The number of hydrogen-bond donors (Lipinski definition) is 2. The van der Waals surface area contributed by atoms with Crippen molar-refractivity contribution in [3.63, 3.8) is 0 Å². The molecule has 0 spiro atoms. The maximum Gasteiger partial charge on any atom is 0.328 e. The third-order valence-electron chi connectivity index (χ3n) is 2.67. The van der Waals surface area contributed by atoms with Crippen LogP contribution in [0.3, 0.4) is 0 Å². The number of H-pyrrole nitrogens is 1. The Hall–Kier alpha value is -1.88. The van der Waals surface area contributed by atoms with Crippen molar-refractivity contribution in [1.82, 2.24) is 9.55 Å². The molecule has 5 heteroatoms. The number of nitrogens with one attached hydrogen (secondary N) is 1. The minimum Gasteiger partial charge on any atom is -0.392 e. The van der Waals surface area contributed by atoms with Gasteiger partial charge in [0.15, 0.2) is 0 Å². The van der Waals surface area contributed by atoms with Crippen molar-refractivity contribution < 1.29 is 5.11 Å². The van der Waals surface area contributed by atoms with Gasteiger partial charge >= 0.3 is 5.69 Å². The van der Waals surface area contributed by atoms with Crippen molar-refractivity contribution >= 4 is 10.9 Å². The van der Waals surface area contributed by atoms with Crippen molar-refractivity contribution in [3.8, 4) is 0 Å². The second-order valence-electron chi connectivity index (χ2n) is 4.19. The molecule has 0 saturated heterocycles. The average molecular weight is 234 g/mol. The highest BCUT2D eigenvalue weighted by atomic mass is 16.3. The van der Waals surface area contributed by atoms with E-state index in [4.69, 9.17) is 0 Å². The average Bonchev–Trinajstić information content (AvgIpc) is 2.26. The van der Waals surface area contributed by atoms with Gasteiger partial charge in [-0.15, -0.1) is 0 Å². The van der Waals surface area contributed by atoms with Gasteiger partial charge in [-0.05, 0) is 25.5 Å². The molecule has 1 unspecified atom stereocenters. The number of hydrogen-bond acceptors (Lipinski definition) is 3. The number of rotatable bonds is 2. The topological polar surface area (TPSA) is 75.1 Å². The zero-order chi connectivity index (χ0) is 12.6. The number of aromatic nitrogens is 2. The zero-order valence-corrected chi connectivity index (χ0v) is 9.73. The fraction of sp³-hybridized carbons (Fsp3) is 0.333.